The Morgan fingerprint density at radius 2 is 2.10 bits per heavy atom. The molecule has 0 aromatic rings. The van der Waals surface area contributed by atoms with Crippen molar-refractivity contribution in [3.63, 3.8) is 0 Å². The number of likely N-dealkylation sites (N-methyl/N-ethyl adjacent to an activating group) is 1. The molecule has 2 fully saturated rings. The number of carbonyl (C=O) groups is 1. The van der Waals surface area contributed by atoms with Crippen molar-refractivity contribution in [3.8, 4) is 0 Å². The minimum Gasteiger partial charge on any atom is -0.329 e. The summed E-state index contributed by atoms with van der Waals surface area (Å²) in [6, 6.07) is 0.864. The highest BCUT2D eigenvalue weighted by Crippen LogP contribution is 2.36. The van der Waals surface area contributed by atoms with Gasteiger partial charge in [0.15, 0.2) is 0 Å². The maximum atomic E-state index is 12.8. The van der Waals surface area contributed by atoms with Crippen LogP contribution in [-0.2, 0) is 4.79 Å². The SMILES string of the molecule is CN(CC(=O)N(C1=CCCCC1)C1CC1)C(CN)C1CC1. The highest BCUT2D eigenvalue weighted by molar-refractivity contribution is 5.80. The maximum Gasteiger partial charge on any atom is 0.241 e. The summed E-state index contributed by atoms with van der Waals surface area (Å²) in [5.74, 6) is 1.00. The number of carbonyl (C=O) groups excluding carboxylic acids is 1. The molecule has 0 bridgehead atoms. The first-order valence-corrected chi connectivity index (χ1v) is 8.62. The van der Waals surface area contributed by atoms with Crippen LogP contribution in [0.3, 0.4) is 0 Å². The molecule has 118 valence electrons. The van der Waals surface area contributed by atoms with E-state index in [2.05, 4.69) is 22.9 Å². The van der Waals surface area contributed by atoms with Gasteiger partial charge in [0.1, 0.15) is 0 Å². The monoisotopic (exact) mass is 291 g/mol. The first-order valence-electron chi connectivity index (χ1n) is 8.62. The summed E-state index contributed by atoms with van der Waals surface area (Å²) >= 11 is 0. The van der Waals surface area contributed by atoms with Crippen molar-refractivity contribution in [3.05, 3.63) is 11.8 Å². The van der Waals surface area contributed by atoms with Crippen LogP contribution in [-0.4, -0.2) is 47.9 Å². The molecular weight excluding hydrogens is 262 g/mol. The van der Waals surface area contributed by atoms with Gasteiger partial charge in [-0.25, -0.2) is 0 Å². The molecule has 21 heavy (non-hydrogen) atoms. The van der Waals surface area contributed by atoms with E-state index in [9.17, 15) is 4.79 Å². The third-order valence-electron chi connectivity index (χ3n) is 5.12. The largest absolute Gasteiger partial charge is 0.329 e. The van der Waals surface area contributed by atoms with E-state index in [-0.39, 0.29) is 5.91 Å². The summed E-state index contributed by atoms with van der Waals surface area (Å²) in [7, 11) is 2.06. The lowest BCUT2D eigenvalue weighted by Gasteiger charge is -2.32. The second-order valence-electron chi connectivity index (χ2n) is 6.99. The molecule has 0 aliphatic heterocycles. The van der Waals surface area contributed by atoms with Crippen molar-refractivity contribution in [1.82, 2.24) is 9.80 Å². The molecule has 1 unspecified atom stereocenters. The molecular formula is C17H29N3O. The van der Waals surface area contributed by atoms with Crippen LogP contribution in [0.15, 0.2) is 11.8 Å². The van der Waals surface area contributed by atoms with Crippen LogP contribution < -0.4 is 5.73 Å². The Hall–Kier alpha value is -0.870. The lowest BCUT2D eigenvalue weighted by Crippen LogP contribution is -2.46. The Kier molecular flexibility index (Phi) is 4.65. The molecule has 4 nitrogen and oxygen atoms in total. The van der Waals surface area contributed by atoms with E-state index in [0.717, 1.165) is 18.8 Å². The van der Waals surface area contributed by atoms with E-state index in [1.807, 2.05) is 0 Å². The number of hydrogen-bond acceptors (Lipinski definition) is 3. The predicted molar refractivity (Wildman–Crippen MR) is 84.6 cm³/mol. The number of amides is 1. The molecule has 1 amide bonds. The maximum absolute atomic E-state index is 12.8. The van der Waals surface area contributed by atoms with Crippen molar-refractivity contribution >= 4 is 5.91 Å². The molecule has 0 aromatic heterocycles. The van der Waals surface area contributed by atoms with Crippen molar-refractivity contribution < 1.29 is 4.79 Å². The number of nitrogens with two attached hydrogens (primary N) is 1. The molecule has 0 heterocycles. The predicted octanol–water partition coefficient (Wildman–Crippen LogP) is 2.10. The summed E-state index contributed by atoms with van der Waals surface area (Å²) in [5, 5.41) is 0. The normalized spacial score (nSPS) is 23.9. The fraction of sp³-hybridized carbons (Fsp3) is 0.824. The van der Waals surface area contributed by atoms with Gasteiger partial charge in [0, 0.05) is 24.3 Å². The van der Waals surface area contributed by atoms with E-state index in [1.54, 1.807) is 0 Å². The van der Waals surface area contributed by atoms with Gasteiger partial charge >= 0.3 is 0 Å². The zero-order valence-corrected chi connectivity index (χ0v) is 13.3. The third kappa shape index (κ3) is 3.67. The molecule has 1 atom stereocenters. The van der Waals surface area contributed by atoms with Crippen molar-refractivity contribution in [2.24, 2.45) is 11.7 Å². The lowest BCUT2D eigenvalue weighted by atomic mass is 10.0. The topological polar surface area (TPSA) is 49.6 Å². The van der Waals surface area contributed by atoms with Crippen LogP contribution in [0.2, 0.25) is 0 Å². The Bertz CT molecular complexity index is 412. The average molecular weight is 291 g/mol. The van der Waals surface area contributed by atoms with Crippen LogP contribution in [0.1, 0.15) is 51.4 Å². The van der Waals surface area contributed by atoms with Gasteiger partial charge in [-0.3, -0.25) is 9.69 Å². The first kappa shape index (κ1) is 15.0. The van der Waals surface area contributed by atoms with E-state index >= 15 is 0 Å². The van der Waals surface area contributed by atoms with Crippen LogP contribution in [0.5, 0.6) is 0 Å². The van der Waals surface area contributed by atoms with Gasteiger partial charge in [0.2, 0.25) is 5.91 Å². The van der Waals surface area contributed by atoms with Gasteiger partial charge in [-0.05, 0) is 64.3 Å². The van der Waals surface area contributed by atoms with Crippen LogP contribution in [0.25, 0.3) is 0 Å². The van der Waals surface area contributed by atoms with Gasteiger partial charge in [0.05, 0.1) is 6.54 Å². The fourth-order valence-corrected chi connectivity index (χ4v) is 3.59. The minimum absolute atomic E-state index is 0.284. The Labute approximate surface area is 128 Å². The van der Waals surface area contributed by atoms with Crippen LogP contribution in [0.4, 0.5) is 0 Å². The lowest BCUT2D eigenvalue weighted by molar-refractivity contribution is -0.131. The highest BCUT2D eigenvalue weighted by Gasteiger charge is 2.37. The standard InChI is InChI=1S/C17H29N3O/c1-19(16(11-18)13-7-8-13)12-17(21)20(15-9-10-15)14-5-3-2-4-6-14/h5,13,15-16H,2-4,6-12,18H2,1H3. The minimum atomic E-state index is 0.284. The third-order valence-corrected chi connectivity index (χ3v) is 5.12. The van der Waals surface area contributed by atoms with Crippen molar-refractivity contribution in [1.29, 1.82) is 0 Å². The summed E-state index contributed by atoms with van der Waals surface area (Å²) in [6.07, 6.45) is 11.9. The summed E-state index contributed by atoms with van der Waals surface area (Å²) < 4.78 is 0. The molecule has 0 aromatic carbocycles. The Morgan fingerprint density at radius 1 is 1.33 bits per heavy atom. The number of allylic oxidation sites excluding steroid dienone is 2. The highest BCUT2D eigenvalue weighted by atomic mass is 16.2. The van der Waals surface area contributed by atoms with E-state index in [1.165, 1.54) is 44.2 Å². The molecule has 2 N–H and O–H groups in total. The van der Waals surface area contributed by atoms with Crippen LogP contribution in [0, 0.1) is 5.92 Å². The molecule has 0 saturated heterocycles. The van der Waals surface area contributed by atoms with E-state index in [4.69, 9.17) is 5.73 Å². The van der Waals surface area contributed by atoms with E-state index < -0.39 is 0 Å². The second-order valence-corrected chi connectivity index (χ2v) is 6.99. The molecule has 0 spiro atoms. The first-order chi connectivity index (χ1) is 10.2. The quantitative estimate of drug-likeness (QED) is 0.781. The van der Waals surface area contributed by atoms with Gasteiger partial charge < -0.3 is 10.6 Å². The van der Waals surface area contributed by atoms with E-state index in [0.29, 0.717) is 25.2 Å². The van der Waals surface area contributed by atoms with Crippen molar-refractivity contribution in [2.45, 2.75) is 63.5 Å². The zero-order chi connectivity index (χ0) is 14.8. The smallest absolute Gasteiger partial charge is 0.241 e. The summed E-state index contributed by atoms with van der Waals surface area (Å²) in [4.78, 5) is 17.1. The Morgan fingerprint density at radius 3 is 2.62 bits per heavy atom. The average Bonchev–Trinajstić information content (AvgIpc) is 3.35. The number of rotatable bonds is 7. The summed E-state index contributed by atoms with van der Waals surface area (Å²) in [6.45, 7) is 1.19. The van der Waals surface area contributed by atoms with Crippen LogP contribution >= 0.6 is 0 Å². The number of nitrogens with zero attached hydrogens (tertiary/aromatic N) is 2. The summed E-state index contributed by atoms with van der Waals surface area (Å²) in [5.41, 5.74) is 7.19. The molecule has 4 heteroatoms. The molecule has 3 aliphatic rings. The molecule has 0 radical (unpaired) electrons. The van der Waals surface area contributed by atoms with Gasteiger partial charge in [-0.2, -0.15) is 0 Å². The molecule has 3 rings (SSSR count). The zero-order valence-electron chi connectivity index (χ0n) is 13.3. The second kappa shape index (κ2) is 6.49. The van der Waals surface area contributed by atoms with Gasteiger partial charge in [-0.1, -0.05) is 6.08 Å². The fourth-order valence-electron chi connectivity index (χ4n) is 3.59. The van der Waals surface area contributed by atoms with Gasteiger partial charge in [0.25, 0.3) is 0 Å². The Balaban J connectivity index is 1.62. The van der Waals surface area contributed by atoms with Crippen molar-refractivity contribution in [2.75, 3.05) is 20.1 Å². The number of hydrogen-bond donors (Lipinski definition) is 1. The molecule has 2 saturated carbocycles. The van der Waals surface area contributed by atoms with Gasteiger partial charge in [-0.15, -0.1) is 0 Å². The molecule has 3 aliphatic carbocycles.